The number of thiophene rings is 1. The van der Waals surface area contributed by atoms with E-state index in [2.05, 4.69) is 22.2 Å². The Morgan fingerprint density at radius 2 is 1.82 bits per heavy atom. The van der Waals surface area contributed by atoms with Crippen LogP contribution in [0.1, 0.15) is 68.7 Å². The van der Waals surface area contributed by atoms with Crippen LogP contribution in [0.15, 0.2) is 73.1 Å². The number of hydrogen-bond acceptors (Lipinski definition) is 10. The zero-order chi connectivity index (χ0) is 34.8. The minimum Gasteiger partial charge on any atom is -0.493 e. The standard InChI is InChI=1S/C38H44ClN3O6S/c1-5-46-34-19-28(11-13-32(34)45-4)33(20-30-25(2)21-40-23-31(30)39)48-37(43)35-14-12-29(49-35)22-41-36(27-9-7-6-8-10-27)38(44)47-24-26-15-17-42(3)18-16-26/h6-14,19,21,23,26,33,36,41H,5,15-18,20,22,24H2,1-4H3. The predicted molar refractivity (Wildman–Crippen MR) is 192 cm³/mol. The van der Waals surface area contributed by atoms with Crippen molar-refractivity contribution < 1.29 is 28.5 Å². The van der Waals surface area contributed by atoms with Crippen LogP contribution in [0, 0.1) is 12.8 Å². The minimum absolute atomic E-state index is 0.305. The molecule has 9 nitrogen and oxygen atoms in total. The number of pyridine rings is 1. The van der Waals surface area contributed by atoms with Gasteiger partial charge in [-0.05, 0) is 99.3 Å². The highest BCUT2D eigenvalue weighted by molar-refractivity contribution is 7.13. The molecule has 2 atom stereocenters. The number of nitrogens with zero attached hydrogens (tertiary/aromatic N) is 2. The molecule has 1 fully saturated rings. The third-order valence-corrected chi connectivity index (χ3v) is 10.1. The largest absolute Gasteiger partial charge is 0.493 e. The molecule has 11 heteroatoms. The summed E-state index contributed by atoms with van der Waals surface area (Å²) < 4.78 is 23.3. The van der Waals surface area contributed by atoms with Crippen molar-refractivity contribution >= 4 is 34.9 Å². The number of methoxy groups -OCH3 is 1. The zero-order valence-electron chi connectivity index (χ0n) is 28.4. The molecule has 2 unspecified atom stereocenters. The van der Waals surface area contributed by atoms with E-state index in [0.717, 1.165) is 53.1 Å². The number of nitrogens with one attached hydrogen (secondary N) is 1. The fourth-order valence-electron chi connectivity index (χ4n) is 5.86. The summed E-state index contributed by atoms with van der Waals surface area (Å²) >= 11 is 7.87. The number of carbonyl (C=O) groups excluding carboxylic acids is 2. The summed E-state index contributed by atoms with van der Waals surface area (Å²) in [7, 11) is 3.70. The molecule has 1 aliphatic rings. The van der Waals surface area contributed by atoms with Crippen molar-refractivity contribution in [2.24, 2.45) is 5.92 Å². The Balaban J connectivity index is 1.29. The van der Waals surface area contributed by atoms with Crippen LogP contribution in [-0.2, 0) is 27.2 Å². The molecule has 260 valence electrons. The van der Waals surface area contributed by atoms with Crippen LogP contribution in [0.2, 0.25) is 5.02 Å². The molecule has 1 saturated heterocycles. The number of likely N-dealkylation sites (tertiary alicyclic amines) is 1. The lowest BCUT2D eigenvalue weighted by atomic mass is 9.98. The number of hydrogen-bond donors (Lipinski definition) is 1. The number of benzene rings is 2. The Kier molecular flexibility index (Phi) is 13.1. The number of aryl methyl sites for hydroxylation is 1. The first-order valence-electron chi connectivity index (χ1n) is 16.6. The first-order valence-corrected chi connectivity index (χ1v) is 17.8. The summed E-state index contributed by atoms with van der Waals surface area (Å²) in [6, 6.07) is 18.1. The Morgan fingerprint density at radius 3 is 2.53 bits per heavy atom. The first-order chi connectivity index (χ1) is 23.7. The highest BCUT2D eigenvalue weighted by Gasteiger charge is 2.26. The minimum atomic E-state index is -0.665. The summed E-state index contributed by atoms with van der Waals surface area (Å²) in [4.78, 5) is 34.8. The number of ether oxygens (including phenoxy) is 4. The lowest BCUT2D eigenvalue weighted by Gasteiger charge is -2.29. The van der Waals surface area contributed by atoms with Crippen molar-refractivity contribution in [3.05, 3.63) is 110 Å². The average molecular weight is 706 g/mol. The van der Waals surface area contributed by atoms with E-state index in [0.29, 0.717) is 53.5 Å². The van der Waals surface area contributed by atoms with Crippen LogP contribution < -0.4 is 14.8 Å². The fraction of sp³-hybridized carbons (Fsp3) is 0.395. The molecule has 0 saturated carbocycles. The quantitative estimate of drug-likeness (QED) is 0.127. The highest BCUT2D eigenvalue weighted by atomic mass is 35.5. The molecule has 0 spiro atoms. The van der Waals surface area contributed by atoms with Gasteiger partial charge in [0.25, 0.3) is 0 Å². The van der Waals surface area contributed by atoms with Gasteiger partial charge >= 0.3 is 11.9 Å². The molecule has 0 aliphatic carbocycles. The molecule has 0 radical (unpaired) electrons. The van der Waals surface area contributed by atoms with Gasteiger partial charge in [0.1, 0.15) is 17.0 Å². The molecule has 1 aliphatic heterocycles. The topological polar surface area (TPSA) is 99.2 Å². The highest BCUT2D eigenvalue weighted by Crippen LogP contribution is 2.35. The normalized spacial score (nSPS) is 15.0. The second-order valence-electron chi connectivity index (χ2n) is 12.2. The van der Waals surface area contributed by atoms with E-state index in [1.807, 2.05) is 62.4 Å². The van der Waals surface area contributed by atoms with E-state index >= 15 is 0 Å². The molecule has 5 rings (SSSR count). The Morgan fingerprint density at radius 1 is 1.04 bits per heavy atom. The lowest BCUT2D eigenvalue weighted by Crippen LogP contribution is -2.34. The van der Waals surface area contributed by atoms with Crippen molar-refractivity contribution in [3.63, 3.8) is 0 Å². The smallest absolute Gasteiger partial charge is 0.348 e. The summed E-state index contributed by atoms with van der Waals surface area (Å²) in [5, 5.41) is 3.87. The summed E-state index contributed by atoms with van der Waals surface area (Å²) in [6.07, 6.45) is 5.04. The lowest BCUT2D eigenvalue weighted by molar-refractivity contribution is -0.148. The Hall–Kier alpha value is -3.96. The molecular weight excluding hydrogens is 662 g/mol. The average Bonchev–Trinajstić information content (AvgIpc) is 3.59. The third-order valence-electron chi connectivity index (χ3n) is 8.73. The Bertz CT molecular complexity index is 1670. The van der Waals surface area contributed by atoms with Gasteiger partial charge in [0, 0.05) is 30.2 Å². The van der Waals surface area contributed by atoms with Crippen molar-refractivity contribution in [1.29, 1.82) is 0 Å². The summed E-state index contributed by atoms with van der Waals surface area (Å²) in [5.74, 6) is 0.746. The van der Waals surface area contributed by atoms with E-state index in [4.69, 9.17) is 30.5 Å². The van der Waals surface area contributed by atoms with Crippen molar-refractivity contribution in [1.82, 2.24) is 15.2 Å². The van der Waals surface area contributed by atoms with Gasteiger partial charge in [-0.3, -0.25) is 10.3 Å². The van der Waals surface area contributed by atoms with Gasteiger partial charge < -0.3 is 23.8 Å². The van der Waals surface area contributed by atoms with Gasteiger partial charge in [-0.1, -0.05) is 48.0 Å². The molecule has 2 aromatic heterocycles. The second-order valence-corrected chi connectivity index (χ2v) is 13.8. The third kappa shape index (κ3) is 9.82. The number of aromatic nitrogens is 1. The number of esters is 2. The molecule has 0 amide bonds. The SMILES string of the molecule is CCOc1cc(C(Cc2c(C)cncc2Cl)OC(=O)c2ccc(CNC(C(=O)OCC3CCN(C)CC3)c3ccccc3)s2)ccc1OC. The maximum atomic E-state index is 13.6. The van der Waals surface area contributed by atoms with Crippen LogP contribution in [0.4, 0.5) is 0 Å². The monoisotopic (exact) mass is 705 g/mol. The number of carbonyl (C=O) groups is 2. The van der Waals surface area contributed by atoms with E-state index in [9.17, 15) is 9.59 Å². The molecule has 49 heavy (non-hydrogen) atoms. The molecule has 4 aromatic rings. The van der Waals surface area contributed by atoms with Crippen LogP contribution >= 0.6 is 22.9 Å². The van der Waals surface area contributed by atoms with Gasteiger partial charge in [0.15, 0.2) is 11.5 Å². The molecule has 3 heterocycles. The molecule has 2 aromatic carbocycles. The summed E-state index contributed by atoms with van der Waals surface area (Å²) in [6.45, 7) is 7.08. The van der Waals surface area contributed by atoms with E-state index in [1.54, 1.807) is 31.6 Å². The van der Waals surface area contributed by atoms with E-state index in [-0.39, 0.29) is 5.97 Å². The van der Waals surface area contributed by atoms with Gasteiger partial charge in [-0.25, -0.2) is 9.59 Å². The fourth-order valence-corrected chi connectivity index (χ4v) is 6.98. The maximum absolute atomic E-state index is 13.6. The van der Waals surface area contributed by atoms with Gasteiger partial charge in [0.05, 0.1) is 25.3 Å². The van der Waals surface area contributed by atoms with Crippen LogP contribution in [0.3, 0.4) is 0 Å². The van der Waals surface area contributed by atoms with E-state index in [1.165, 1.54) is 11.3 Å². The van der Waals surface area contributed by atoms with Crippen molar-refractivity contribution in [2.45, 2.75) is 51.8 Å². The maximum Gasteiger partial charge on any atom is 0.348 e. The van der Waals surface area contributed by atoms with Gasteiger partial charge in [-0.2, -0.15) is 0 Å². The first kappa shape index (κ1) is 36.3. The van der Waals surface area contributed by atoms with Gasteiger partial charge in [0.2, 0.25) is 0 Å². The predicted octanol–water partition coefficient (Wildman–Crippen LogP) is 7.37. The van der Waals surface area contributed by atoms with Crippen molar-refractivity contribution in [2.75, 3.05) is 40.5 Å². The number of piperidine rings is 1. The van der Waals surface area contributed by atoms with E-state index < -0.39 is 18.1 Å². The molecular formula is C38H44ClN3O6S. The Labute approximate surface area is 297 Å². The molecule has 0 bridgehead atoms. The number of halogens is 1. The number of rotatable bonds is 15. The van der Waals surface area contributed by atoms with Crippen LogP contribution in [0.5, 0.6) is 11.5 Å². The zero-order valence-corrected chi connectivity index (χ0v) is 30.0. The summed E-state index contributed by atoms with van der Waals surface area (Å²) in [5.41, 5.74) is 3.31. The second kappa shape index (κ2) is 17.6. The van der Waals surface area contributed by atoms with Crippen LogP contribution in [-0.4, -0.2) is 62.3 Å². The molecule has 1 N–H and O–H groups in total. The van der Waals surface area contributed by atoms with Crippen LogP contribution in [0.25, 0.3) is 0 Å². The van der Waals surface area contributed by atoms with Gasteiger partial charge in [-0.15, -0.1) is 11.3 Å². The van der Waals surface area contributed by atoms with Crippen molar-refractivity contribution in [3.8, 4) is 11.5 Å².